The van der Waals surface area contributed by atoms with Crippen molar-refractivity contribution in [1.29, 1.82) is 0 Å². The highest BCUT2D eigenvalue weighted by atomic mass is 32.1. The molecule has 0 aliphatic carbocycles. The minimum atomic E-state index is 0.589. The zero-order valence-electron chi connectivity index (χ0n) is 7.42. The van der Waals surface area contributed by atoms with Crippen molar-refractivity contribution in [2.75, 3.05) is 0 Å². The van der Waals surface area contributed by atoms with Crippen LogP contribution in [0, 0.1) is 12.3 Å². The maximum Gasteiger partial charge on any atom is 0.0155 e. The lowest BCUT2D eigenvalue weighted by atomic mass is 9.94. The molecule has 0 nitrogen and oxygen atoms in total. The van der Waals surface area contributed by atoms with E-state index in [4.69, 9.17) is 6.42 Å². The van der Waals surface area contributed by atoms with Crippen molar-refractivity contribution in [3.8, 4) is 12.3 Å². The molecule has 1 unspecified atom stereocenters. The van der Waals surface area contributed by atoms with Crippen LogP contribution in [0.15, 0.2) is 16.8 Å². The number of rotatable bonds is 4. The van der Waals surface area contributed by atoms with Gasteiger partial charge < -0.3 is 0 Å². The van der Waals surface area contributed by atoms with Crippen molar-refractivity contribution in [1.82, 2.24) is 0 Å². The summed E-state index contributed by atoms with van der Waals surface area (Å²) in [6, 6.07) is 2.18. The van der Waals surface area contributed by atoms with Crippen molar-refractivity contribution in [2.45, 2.75) is 32.1 Å². The van der Waals surface area contributed by atoms with Crippen molar-refractivity contribution < 1.29 is 0 Å². The molecule has 0 bridgehead atoms. The Balaban J connectivity index is 2.61. The highest BCUT2D eigenvalue weighted by Crippen LogP contribution is 2.25. The lowest BCUT2D eigenvalue weighted by molar-refractivity contribution is 0.630. The Labute approximate surface area is 78.6 Å². The SMILES string of the molecule is C#CCC(CCC)c1ccsc1. The molecule has 1 rings (SSSR count). The zero-order chi connectivity index (χ0) is 8.81. The van der Waals surface area contributed by atoms with Crippen LogP contribution >= 0.6 is 11.3 Å². The molecular formula is C11H14S. The van der Waals surface area contributed by atoms with Crippen LogP contribution in [0.25, 0.3) is 0 Å². The Morgan fingerprint density at radius 1 is 1.67 bits per heavy atom. The summed E-state index contributed by atoms with van der Waals surface area (Å²) >= 11 is 1.75. The van der Waals surface area contributed by atoms with Crippen LogP contribution in [0.4, 0.5) is 0 Å². The average Bonchev–Trinajstić information content (AvgIpc) is 2.56. The third-order valence-electron chi connectivity index (χ3n) is 2.02. The Morgan fingerprint density at radius 2 is 2.50 bits per heavy atom. The van der Waals surface area contributed by atoms with Crippen LogP contribution in [-0.4, -0.2) is 0 Å². The average molecular weight is 178 g/mol. The first-order chi connectivity index (χ1) is 5.88. The molecule has 0 aliphatic rings. The van der Waals surface area contributed by atoms with Crippen LogP contribution in [0.2, 0.25) is 0 Å². The highest BCUT2D eigenvalue weighted by Gasteiger charge is 2.08. The second-order valence-electron chi connectivity index (χ2n) is 2.95. The Kier molecular flexibility index (Phi) is 3.90. The molecule has 0 saturated heterocycles. The van der Waals surface area contributed by atoms with E-state index in [-0.39, 0.29) is 0 Å². The molecule has 0 spiro atoms. The van der Waals surface area contributed by atoms with Gasteiger partial charge in [-0.05, 0) is 34.7 Å². The summed E-state index contributed by atoms with van der Waals surface area (Å²) in [5.74, 6) is 3.33. The Bertz CT molecular complexity index is 240. The standard InChI is InChI=1S/C11H14S/c1-3-5-10(6-4-2)11-7-8-12-9-11/h1,7-10H,4-6H2,2H3. The van der Waals surface area contributed by atoms with Crippen LogP contribution in [0.5, 0.6) is 0 Å². The number of terminal acetylenes is 1. The van der Waals surface area contributed by atoms with Gasteiger partial charge in [0.05, 0.1) is 0 Å². The molecule has 0 fully saturated rings. The number of hydrogen-bond donors (Lipinski definition) is 0. The van der Waals surface area contributed by atoms with Crippen molar-refractivity contribution in [3.63, 3.8) is 0 Å². The van der Waals surface area contributed by atoms with Gasteiger partial charge in [0.25, 0.3) is 0 Å². The van der Waals surface area contributed by atoms with Gasteiger partial charge in [-0.15, -0.1) is 12.3 Å². The van der Waals surface area contributed by atoms with Gasteiger partial charge >= 0.3 is 0 Å². The molecular weight excluding hydrogens is 164 g/mol. The maximum absolute atomic E-state index is 5.32. The van der Waals surface area contributed by atoms with Crippen LogP contribution in [-0.2, 0) is 0 Å². The molecule has 0 amide bonds. The summed E-state index contributed by atoms with van der Waals surface area (Å²) in [6.45, 7) is 2.20. The second-order valence-corrected chi connectivity index (χ2v) is 3.73. The molecule has 0 aliphatic heterocycles. The third kappa shape index (κ3) is 2.39. The normalized spacial score (nSPS) is 12.3. The molecule has 1 atom stereocenters. The summed E-state index contributed by atoms with van der Waals surface area (Å²) in [4.78, 5) is 0. The molecule has 64 valence electrons. The van der Waals surface area contributed by atoms with E-state index in [9.17, 15) is 0 Å². The fourth-order valence-corrected chi connectivity index (χ4v) is 2.13. The van der Waals surface area contributed by atoms with Gasteiger partial charge in [0.15, 0.2) is 0 Å². The number of hydrogen-bond acceptors (Lipinski definition) is 1. The molecule has 1 aromatic heterocycles. The zero-order valence-corrected chi connectivity index (χ0v) is 8.23. The first-order valence-electron chi connectivity index (χ1n) is 4.34. The van der Waals surface area contributed by atoms with Crippen molar-refractivity contribution in [2.24, 2.45) is 0 Å². The molecule has 1 aromatic rings. The monoisotopic (exact) mass is 178 g/mol. The lowest BCUT2D eigenvalue weighted by Gasteiger charge is -2.10. The van der Waals surface area contributed by atoms with Gasteiger partial charge in [-0.3, -0.25) is 0 Å². The minimum absolute atomic E-state index is 0.589. The quantitative estimate of drug-likeness (QED) is 0.617. The molecule has 12 heavy (non-hydrogen) atoms. The van der Waals surface area contributed by atoms with E-state index in [1.807, 2.05) is 0 Å². The van der Waals surface area contributed by atoms with Gasteiger partial charge in [-0.1, -0.05) is 13.3 Å². The van der Waals surface area contributed by atoms with Crippen LogP contribution in [0.1, 0.15) is 37.7 Å². The van der Waals surface area contributed by atoms with E-state index in [1.54, 1.807) is 11.3 Å². The van der Waals surface area contributed by atoms with E-state index in [2.05, 4.69) is 29.7 Å². The van der Waals surface area contributed by atoms with Crippen LogP contribution < -0.4 is 0 Å². The fourth-order valence-electron chi connectivity index (χ4n) is 1.38. The molecule has 0 saturated carbocycles. The summed E-state index contributed by atoms with van der Waals surface area (Å²) in [6.07, 6.45) is 8.62. The topological polar surface area (TPSA) is 0 Å². The van der Waals surface area contributed by atoms with Crippen LogP contribution in [0.3, 0.4) is 0 Å². The summed E-state index contributed by atoms with van der Waals surface area (Å²) in [7, 11) is 0. The summed E-state index contributed by atoms with van der Waals surface area (Å²) < 4.78 is 0. The second kappa shape index (κ2) is 5.00. The highest BCUT2D eigenvalue weighted by molar-refractivity contribution is 7.07. The van der Waals surface area contributed by atoms with E-state index < -0.39 is 0 Å². The maximum atomic E-state index is 5.32. The molecule has 0 N–H and O–H groups in total. The third-order valence-corrected chi connectivity index (χ3v) is 2.72. The smallest absolute Gasteiger partial charge is 0.0155 e. The van der Waals surface area contributed by atoms with Gasteiger partial charge in [0.1, 0.15) is 0 Å². The molecule has 0 radical (unpaired) electrons. The first kappa shape index (κ1) is 9.35. The Hall–Kier alpha value is -0.740. The molecule has 1 heteroatoms. The van der Waals surface area contributed by atoms with E-state index in [0.717, 1.165) is 6.42 Å². The van der Waals surface area contributed by atoms with Crippen molar-refractivity contribution >= 4 is 11.3 Å². The van der Waals surface area contributed by atoms with Crippen molar-refractivity contribution in [3.05, 3.63) is 22.4 Å². The fraction of sp³-hybridized carbons (Fsp3) is 0.455. The van der Waals surface area contributed by atoms with Gasteiger partial charge in [-0.25, -0.2) is 0 Å². The van der Waals surface area contributed by atoms with E-state index in [1.165, 1.54) is 18.4 Å². The van der Waals surface area contributed by atoms with Gasteiger partial charge in [-0.2, -0.15) is 11.3 Å². The summed E-state index contributed by atoms with van der Waals surface area (Å²) in [5.41, 5.74) is 1.42. The number of thiophene rings is 1. The predicted octanol–water partition coefficient (Wildman–Crippen LogP) is 3.66. The van der Waals surface area contributed by atoms with Gasteiger partial charge in [0.2, 0.25) is 0 Å². The first-order valence-corrected chi connectivity index (χ1v) is 5.28. The molecule has 1 heterocycles. The largest absolute Gasteiger partial charge is 0.152 e. The van der Waals surface area contributed by atoms with Gasteiger partial charge in [0, 0.05) is 6.42 Å². The Morgan fingerprint density at radius 3 is 3.00 bits per heavy atom. The van der Waals surface area contributed by atoms with E-state index >= 15 is 0 Å². The van der Waals surface area contributed by atoms with E-state index in [0.29, 0.717) is 5.92 Å². The molecule has 0 aromatic carbocycles. The predicted molar refractivity (Wildman–Crippen MR) is 55.4 cm³/mol. The summed E-state index contributed by atoms with van der Waals surface area (Å²) in [5, 5.41) is 4.33. The minimum Gasteiger partial charge on any atom is -0.152 e. The lowest BCUT2D eigenvalue weighted by Crippen LogP contribution is -1.94.